The molecule has 1 aliphatic heterocycles. The maximum atomic E-state index is 15.0. The molecule has 4 N–H and O–H groups in total. The summed E-state index contributed by atoms with van der Waals surface area (Å²) >= 11 is 0. The molecule has 9 nitrogen and oxygen atoms in total. The molecule has 2 fully saturated rings. The zero-order valence-electron chi connectivity index (χ0n) is 18.3. The van der Waals surface area contributed by atoms with Crippen LogP contribution in [0.2, 0.25) is 0 Å². The van der Waals surface area contributed by atoms with Crippen molar-refractivity contribution in [2.45, 2.75) is 50.6 Å². The van der Waals surface area contributed by atoms with Gasteiger partial charge in [0.2, 0.25) is 5.43 Å². The molecule has 1 amide bonds. The molecule has 33 heavy (non-hydrogen) atoms. The molecule has 0 spiro atoms. The number of anilines is 1. The lowest BCUT2D eigenvalue weighted by Crippen LogP contribution is -2.32. The van der Waals surface area contributed by atoms with Crippen LogP contribution in [0.5, 0.6) is 0 Å². The van der Waals surface area contributed by atoms with Crippen LogP contribution in [0.1, 0.15) is 54.9 Å². The number of carbonyl (C=O) groups excluding carboxylic acids is 1. The van der Waals surface area contributed by atoms with Gasteiger partial charge in [-0.25, -0.2) is 4.39 Å². The Labute approximate surface area is 190 Å². The molecule has 1 unspecified atom stereocenters. The molecule has 1 aliphatic carbocycles. The van der Waals surface area contributed by atoms with Gasteiger partial charge >= 0.3 is 7.60 Å². The number of pyridine rings is 1. The fraction of sp³-hybridized carbons (Fsp3) is 0.545. The number of carbonyl (C=O) groups is 1. The molecular weight excluding hydrogens is 452 g/mol. The van der Waals surface area contributed by atoms with Crippen LogP contribution in [-0.4, -0.2) is 52.2 Å². The first-order valence-electron chi connectivity index (χ1n) is 11.3. The van der Waals surface area contributed by atoms with E-state index in [0.29, 0.717) is 30.8 Å². The van der Waals surface area contributed by atoms with Gasteiger partial charge in [0.25, 0.3) is 5.91 Å². The Morgan fingerprint density at radius 3 is 2.64 bits per heavy atom. The molecular formula is C22H29FN3O6P. The number of hydrogen-bond acceptors (Lipinski definition) is 5. The SMILES string of the molecule is O=C(NCCP(=O)(O)O)c1cn(C2CCOC2)c2cc(NC3CCCCC3)c(F)cc2c1=O. The number of nitrogens with zero attached hydrogens (tertiary/aromatic N) is 1. The fourth-order valence-electron chi connectivity index (χ4n) is 4.56. The highest BCUT2D eigenvalue weighted by molar-refractivity contribution is 7.51. The summed E-state index contributed by atoms with van der Waals surface area (Å²) < 4.78 is 33.3. The van der Waals surface area contributed by atoms with Crippen LogP contribution in [0, 0.1) is 5.82 Å². The second kappa shape index (κ2) is 9.93. The van der Waals surface area contributed by atoms with Gasteiger partial charge in [0.05, 0.1) is 30.0 Å². The van der Waals surface area contributed by atoms with Crippen LogP contribution in [0.4, 0.5) is 10.1 Å². The third kappa shape index (κ3) is 5.63. The highest BCUT2D eigenvalue weighted by atomic mass is 31.2. The monoisotopic (exact) mass is 481 g/mol. The highest BCUT2D eigenvalue weighted by Gasteiger charge is 2.25. The van der Waals surface area contributed by atoms with Crippen molar-refractivity contribution in [2.24, 2.45) is 0 Å². The molecule has 1 saturated carbocycles. The Morgan fingerprint density at radius 2 is 1.97 bits per heavy atom. The van der Waals surface area contributed by atoms with Gasteiger partial charge in [-0.05, 0) is 31.4 Å². The minimum Gasteiger partial charge on any atom is -0.380 e. The average Bonchev–Trinajstić information content (AvgIpc) is 3.29. The van der Waals surface area contributed by atoms with Gasteiger partial charge in [-0.3, -0.25) is 14.2 Å². The largest absolute Gasteiger partial charge is 0.380 e. The summed E-state index contributed by atoms with van der Waals surface area (Å²) in [7, 11) is -4.29. The van der Waals surface area contributed by atoms with E-state index in [2.05, 4.69) is 10.6 Å². The average molecular weight is 481 g/mol. The van der Waals surface area contributed by atoms with Crippen molar-refractivity contribution < 1.29 is 28.3 Å². The van der Waals surface area contributed by atoms with Crippen LogP contribution in [0.3, 0.4) is 0 Å². The van der Waals surface area contributed by atoms with E-state index >= 15 is 4.39 Å². The Hall–Kier alpha value is -2.26. The Kier molecular flexibility index (Phi) is 7.19. The molecule has 180 valence electrons. The summed E-state index contributed by atoms with van der Waals surface area (Å²) in [4.78, 5) is 43.7. The number of rotatable bonds is 7. The van der Waals surface area contributed by atoms with E-state index in [1.54, 1.807) is 10.6 Å². The van der Waals surface area contributed by atoms with Crippen LogP contribution in [-0.2, 0) is 9.30 Å². The summed E-state index contributed by atoms with van der Waals surface area (Å²) in [6.07, 6.45) is 6.89. The maximum absolute atomic E-state index is 15.0. The molecule has 1 aromatic heterocycles. The third-order valence-electron chi connectivity index (χ3n) is 6.32. The Balaban J connectivity index is 1.72. The molecule has 1 atom stereocenters. The normalized spacial score (nSPS) is 19.7. The molecule has 0 radical (unpaired) electrons. The first-order valence-corrected chi connectivity index (χ1v) is 13.1. The van der Waals surface area contributed by atoms with Crippen molar-refractivity contribution in [3.63, 3.8) is 0 Å². The zero-order valence-corrected chi connectivity index (χ0v) is 19.2. The van der Waals surface area contributed by atoms with Crippen molar-refractivity contribution >= 4 is 30.1 Å². The number of benzene rings is 1. The van der Waals surface area contributed by atoms with Crippen LogP contribution >= 0.6 is 7.60 Å². The van der Waals surface area contributed by atoms with Crippen molar-refractivity contribution in [1.29, 1.82) is 0 Å². The van der Waals surface area contributed by atoms with Gasteiger partial charge < -0.3 is 29.7 Å². The summed E-state index contributed by atoms with van der Waals surface area (Å²) in [5.41, 5.74) is 0.0201. The third-order valence-corrected chi connectivity index (χ3v) is 7.12. The van der Waals surface area contributed by atoms with E-state index in [0.717, 1.165) is 25.7 Å². The number of aromatic nitrogens is 1. The van der Waals surface area contributed by atoms with Gasteiger partial charge in [0.15, 0.2) is 0 Å². The minimum atomic E-state index is -4.29. The summed E-state index contributed by atoms with van der Waals surface area (Å²) in [5, 5.41) is 5.74. The quantitative estimate of drug-likeness (QED) is 0.448. The standard InChI is InChI=1S/C22H29FN3O6P/c23-18-10-16-20(11-19(18)25-14-4-2-1-3-5-14)26(15-6-8-32-13-15)12-17(21(16)27)22(28)24-7-9-33(29,30)31/h10-12,14-15,25H,1-9,13H2,(H,24,28)(H2,29,30,31). The van der Waals surface area contributed by atoms with Crippen LogP contribution in [0.25, 0.3) is 10.9 Å². The van der Waals surface area contributed by atoms with Gasteiger partial charge in [-0.1, -0.05) is 19.3 Å². The molecule has 11 heteroatoms. The maximum Gasteiger partial charge on any atom is 0.327 e. The molecule has 4 rings (SSSR count). The summed E-state index contributed by atoms with van der Waals surface area (Å²) in [6, 6.07) is 2.86. The van der Waals surface area contributed by atoms with Crippen LogP contribution in [0.15, 0.2) is 23.1 Å². The minimum absolute atomic E-state index is 0.0798. The zero-order chi connectivity index (χ0) is 23.6. The Morgan fingerprint density at radius 1 is 1.21 bits per heavy atom. The first-order chi connectivity index (χ1) is 15.7. The predicted octanol–water partition coefficient (Wildman–Crippen LogP) is 2.75. The number of amides is 1. The van der Waals surface area contributed by atoms with E-state index < -0.39 is 30.9 Å². The first kappa shape index (κ1) is 23.9. The van der Waals surface area contributed by atoms with Gasteiger partial charge in [0.1, 0.15) is 11.4 Å². The van der Waals surface area contributed by atoms with E-state index in [1.807, 2.05) is 0 Å². The van der Waals surface area contributed by atoms with Crippen molar-refractivity contribution in [3.05, 3.63) is 39.9 Å². The second-order valence-corrected chi connectivity index (χ2v) is 10.5. The molecule has 2 aliphatic rings. The molecule has 2 heterocycles. The second-order valence-electron chi connectivity index (χ2n) is 8.77. The van der Waals surface area contributed by atoms with Gasteiger partial charge in [-0.15, -0.1) is 0 Å². The van der Waals surface area contributed by atoms with Crippen molar-refractivity contribution in [3.8, 4) is 0 Å². The fourth-order valence-corrected chi connectivity index (χ4v) is 4.97. The summed E-state index contributed by atoms with van der Waals surface area (Å²) in [6.45, 7) is 0.655. The van der Waals surface area contributed by atoms with E-state index in [4.69, 9.17) is 14.5 Å². The lowest BCUT2D eigenvalue weighted by Gasteiger charge is -2.25. The van der Waals surface area contributed by atoms with E-state index in [-0.39, 0.29) is 29.6 Å². The molecule has 1 aromatic carbocycles. The topological polar surface area (TPSA) is 130 Å². The van der Waals surface area contributed by atoms with E-state index in [9.17, 15) is 14.2 Å². The number of halogens is 1. The van der Waals surface area contributed by atoms with Crippen LogP contribution < -0.4 is 16.1 Å². The molecule has 1 saturated heterocycles. The van der Waals surface area contributed by atoms with Crippen molar-refractivity contribution in [2.75, 3.05) is 31.2 Å². The lowest BCUT2D eigenvalue weighted by atomic mass is 9.95. The van der Waals surface area contributed by atoms with E-state index in [1.165, 1.54) is 18.7 Å². The molecule has 0 bridgehead atoms. The predicted molar refractivity (Wildman–Crippen MR) is 122 cm³/mol. The smallest absolute Gasteiger partial charge is 0.327 e. The number of hydrogen-bond donors (Lipinski definition) is 4. The number of ether oxygens (including phenoxy) is 1. The Bertz CT molecular complexity index is 1140. The lowest BCUT2D eigenvalue weighted by molar-refractivity contribution is 0.0954. The highest BCUT2D eigenvalue weighted by Crippen LogP contribution is 2.33. The van der Waals surface area contributed by atoms with Gasteiger partial charge in [-0.2, -0.15) is 0 Å². The number of fused-ring (bicyclic) bond motifs is 1. The number of nitrogens with one attached hydrogen (secondary N) is 2. The van der Waals surface area contributed by atoms with Gasteiger partial charge in [0, 0.05) is 30.8 Å². The summed E-state index contributed by atoms with van der Waals surface area (Å²) in [5.74, 6) is -1.31. The van der Waals surface area contributed by atoms with Crippen molar-refractivity contribution in [1.82, 2.24) is 9.88 Å². The molecule has 2 aromatic rings.